The van der Waals surface area contributed by atoms with Gasteiger partial charge in [-0.1, -0.05) is 31.2 Å². The highest BCUT2D eigenvalue weighted by atomic mass is 16.2. The Bertz CT molecular complexity index is 717. The summed E-state index contributed by atoms with van der Waals surface area (Å²) in [5, 5.41) is 0. The summed E-state index contributed by atoms with van der Waals surface area (Å²) in [5.41, 5.74) is 4.08. The van der Waals surface area contributed by atoms with Crippen molar-refractivity contribution < 1.29 is 4.79 Å². The maximum Gasteiger partial charge on any atom is 0.253 e. The number of aromatic nitrogens is 1. The average molecular weight is 306 g/mol. The molecule has 0 saturated carbocycles. The van der Waals surface area contributed by atoms with Gasteiger partial charge in [0.25, 0.3) is 5.91 Å². The third-order valence-electron chi connectivity index (χ3n) is 5.70. The van der Waals surface area contributed by atoms with E-state index < -0.39 is 0 Å². The number of hydrogen-bond acceptors (Lipinski definition) is 2. The Morgan fingerprint density at radius 3 is 2.57 bits per heavy atom. The highest BCUT2D eigenvalue weighted by Gasteiger charge is 2.44. The number of amides is 1. The third-order valence-corrected chi connectivity index (χ3v) is 5.70. The normalized spacial score (nSPS) is 22.1. The van der Waals surface area contributed by atoms with E-state index in [1.54, 1.807) is 24.5 Å². The number of carbonyl (C=O) groups is 1. The quantitative estimate of drug-likeness (QED) is 0.803. The first-order valence-corrected chi connectivity index (χ1v) is 8.48. The van der Waals surface area contributed by atoms with Crippen LogP contribution in [0.5, 0.6) is 0 Å². The number of carbonyl (C=O) groups excluding carboxylic acids is 1. The van der Waals surface area contributed by atoms with Crippen molar-refractivity contribution in [3.05, 3.63) is 65.5 Å². The number of benzene rings is 1. The zero-order valence-corrected chi connectivity index (χ0v) is 13.5. The molecule has 3 heteroatoms. The maximum atomic E-state index is 12.6. The Kier molecular flexibility index (Phi) is 3.44. The topological polar surface area (TPSA) is 33.2 Å². The molecule has 2 aromatic rings. The molecular formula is C20H22N2O. The van der Waals surface area contributed by atoms with Crippen LogP contribution < -0.4 is 0 Å². The van der Waals surface area contributed by atoms with Gasteiger partial charge in [0.05, 0.1) is 0 Å². The summed E-state index contributed by atoms with van der Waals surface area (Å²) in [7, 11) is 0. The predicted octanol–water partition coefficient (Wildman–Crippen LogP) is 3.76. The minimum Gasteiger partial charge on any atom is -0.339 e. The van der Waals surface area contributed by atoms with E-state index >= 15 is 0 Å². The van der Waals surface area contributed by atoms with Crippen molar-refractivity contribution in [3.8, 4) is 0 Å². The second kappa shape index (κ2) is 5.48. The summed E-state index contributed by atoms with van der Waals surface area (Å²) < 4.78 is 0. The van der Waals surface area contributed by atoms with Crippen molar-refractivity contribution in [2.75, 3.05) is 13.1 Å². The molecule has 1 spiro atoms. The van der Waals surface area contributed by atoms with Gasteiger partial charge in [-0.05, 0) is 53.9 Å². The standard InChI is InChI=1S/C20H22N2O/c1-15-14-20(18-5-3-2-4-17(15)18)8-12-22(13-9-20)19(23)16-6-10-21-11-7-16/h2-7,10-11,15H,8-9,12-14H2,1H3/t15-/m0/s1. The van der Waals surface area contributed by atoms with Gasteiger partial charge in [0.1, 0.15) is 0 Å². The first-order chi connectivity index (χ1) is 11.2. The molecular weight excluding hydrogens is 284 g/mol. The van der Waals surface area contributed by atoms with Gasteiger partial charge in [0, 0.05) is 31.0 Å². The highest BCUT2D eigenvalue weighted by molar-refractivity contribution is 5.94. The highest BCUT2D eigenvalue weighted by Crippen LogP contribution is 2.51. The van der Waals surface area contributed by atoms with Crippen molar-refractivity contribution in [2.45, 2.75) is 37.5 Å². The van der Waals surface area contributed by atoms with Crippen molar-refractivity contribution in [3.63, 3.8) is 0 Å². The molecule has 1 atom stereocenters. The van der Waals surface area contributed by atoms with Crippen LogP contribution in [-0.2, 0) is 5.41 Å². The van der Waals surface area contributed by atoms with Gasteiger partial charge in [-0.25, -0.2) is 0 Å². The van der Waals surface area contributed by atoms with E-state index in [2.05, 4.69) is 36.2 Å². The van der Waals surface area contributed by atoms with Crippen LogP contribution in [0.4, 0.5) is 0 Å². The smallest absolute Gasteiger partial charge is 0.253 e. The zero-order valence-electron chi connectivity index (χ0n) is 13.5. The second-order valence-electron chi connectivity index (χ2n) is 7.00. The summed E-state index contributed by atoms with van der Waals surface area (Å²) in [6.07, 6.45) is 6.75. The van der Waals surface area contributed by atoms with Gasteiger partial charge in [-0.2, -0.15) is 0 Å². The first kappa shape index (κ1) is 14.4. The predicted molar refractivity (Wildman–Crippen MR) is 90.5 cm³/mol. The summed E-state index contributed by atoms with van der Waals surface area (Å²) in [6, 6.07) is 12.5. The molecule has 1 aromatic heterocycles. The number of likely N-dealkylation sites (tertiary alicyclic amines) is 1. The largest absolute Gasteiger partial charge is 0.339 e. The molecule has 1 fully saturated rings. The number of pyridine rings is 1. The minimum atomic E-state index is 0.140. The lowest BCUT2D eigenvalue weighted by molar-refractivity contribution is 0.0663. The Balaban J connectivity index is 1.53. The summed E-state index contributed by atoms with van der Waals surface area (Å²) in [5.74, 6) is 0.773. The van der Waals surface area contributed by atoms with Gasteiger partial charge in [-0.3, -0.25) is 9.78 Å². The fourth-order valence-corrected chi connectivity index (χ4v) is 4.50. The fraction of sp³-hybridized carbons (Fsp3) is 0.400. The van der Waals surface area contributed by atoms with Crippen molar-refractivity contribution in [2.24, 2.45) is 0 Å². The van der Waals surface area contributed by atoms with Gasteiger partial charge in [0.15, 0.2) is 0 Å². The first-order valence-electron chi connectivity index (χ1n) is 8.48. The lowest BCUT2D eigenvalue weighted by atomic mass is 9.73. The molecule has 118 valence electrons. The Morgan fingerprint density at radius 1 is 1.13 bits per heavy atom. The van der Waals surface area contributed by atoms with Crippen LogP contribution in [0, 0.1) is 0 Å². The SMILES string of the molecule is C[C@H]1CC2(CCN(C(=O)c3ccncc3)CC2)c2ccccc21. The zero-order chi connectivity index (χ0) is 15.9. The van der Waals surface area contributed by atoms with Crippen LogP contribution in [-0.4, -0.2) is 28.9 Å². The monoisotopic (exact) mass is 306 g/mol. The molecule has 2 heterocycles. The molecule has 1 aromatic carbocycles. The Hall–Kier alpha value is -2.16. The molecule has 0 radical (unpaired) electrons. The van der Waals surface area contributed by atoms with E-state index in [1.807, 2.05) is 4.90 Å². The van der Waals surface area contributed by atoms with Crippen molar-refractivity contribution in [1.82, 2.24) is 9.88 Å². The molecule has 0 unspecified atom stereocenters. The molecule has 1 aliphatic heterocycles. The van der Waals surface area contributed by atoms with E-state index in [1.165, 1.54) is 17.5 Å². The summed E-state index contributed by atoms with van der Waals surface area (Å²) >= 11 is 0. The number of fused-ring (bicyclic) bond motifs is 2. The second-order valence-corrected chi connectivity index (χ2v) is 7.00. The molecule has 3 nitrogen and oxygen atoms in total. The van der Waals surface area contributed by atoms with Crippen LogP contribution in [0.2, 0.25) is 0 Å². The van der Waals surface area contributed by atoms with Gasteiger partial charge in [0.2, 0.25) is 0 Å². The number of hydrogen-bond donors (Lipinski definition) is 0. The lowest BCUT2D eigenvalue weighted by Gasteiger charge is -2.40. The molecule has 1 aliphatic carbocycles. The number of rotatable bonds is 1. The van der Waals surface area contributed by atoms with E-state index in [0.717, 1.165) is 31.5 Å². The van der Waals surface area contributed by atoms with Crippen LogP contribution in [0.1, 0.15) is 53.6 Å². The van der Waals surface area contributed by atoms with Crippen LogP contribution >= 0.6 is 0 Å². The van der Waals surface area contributed by atoms with Gasteiger partial charge < -0.3 is 4.90 Å². The molecule has 1 amide bonds. The third kappa shape index (κ3) is 2.35. The fourth-order valence-electron chi connectivity index (χ4n) is 4.50. The molecule has 1 saturated heterocycles. The van der Waals surface area contributed by atoms with Crippen molar-refractivity contribution in [1.29, 1.82) is 0 Å². The molecule has 0 bridgehead atoms. The van der Waals surface area contributed by atoms with E-state index in [0.29, 0.717) is 5.92 Å². The molecule has 2 aliphatic rings. The van der Waals surface area contributed by atoms with E-state index in [9.17, 15) is 4.79 Å². The summed E-state index contributed by atoms with van der Waals surface area (Å²) in [6.45, 7) is 4.03. The number of piperidine rings is 1. The van der Waals surface area contributed by atoms with Crippen LogP contribution in [0.25, 0.3) is 0 Å². The average Bonchev–Trinajstić information content (AvgIpc) is 2.88. The Labute approximate surface area is 137 Å². The molecule has 4 rings (SSSR count). The molecule has 23 heavy (non-hydrogen) atoms. The Morgan fingerprint density at radius 2 is 1.83 bits per heavy atom. The van der Waals surface area contributed by atoms with Gasteiger partial charge >= 0.3 is 0 Å². The van der Waals surface area contributed by atoms with Crippen molar-refractivity contribution >= 4 is 5.91 Å². The van der Waals surface area contributed by atoms with Crippen LogP contribution in [0.3, 0.4) is 0 Å². The van der Waals surface area contributed by atoms with Crippen LogP contribution in [0.15, 0.2) is 48.8 Å². The van der Waals surface area contributed by atoms with Gasteiger partial charge in [-0.15, -0.1) is 0 Å². The van der Waals surface area contributed by atoms with E-state index in [4.69, 9.17) is 0 Å². The summed E-state index contributed by atoms with van der Waals surface area (Å²) in [4.78, 5) is 18.6. The lowest BCUT2D eigenvalue weighted by Crippen LogP contribution is -2.44. The van der Waals surface area contributed by atoms with E-state index in [-0.39, 0.29) is 11.3 Å². The molecule has 0 N–H and O–H groups in total. The maximum absolute atomic E-state index is 12.6. The number of nitrogens with zero attached hydrogens (tertiary/aromatic N) is 2. The minimum absolute atomic E-state index is 0.140.